The smallest absolute Gasteiger partial charge is 0.521 e. The minimum Gasteiger partial charge on any atom is -0.521 e. The number of rotatable bonds is 4. The lowest BCUT2D eigenvalue weighted by Gasteiger charge is -2.30. The van der Waals surface area contributed by atoms with Gasteiger partial charge in [-0.15, -0.1) is 0 Å². The van der Waals surface area contributed by atoms with Crippen LogP contribution in [-0.4, -0.2) is 75.7 Å². The molecule has 0 radical (unpaired) electrons. The van der Waals surface area contributed by atoms with Gasteiger partial charge in [0.15, 0.2) is 0 Å². The Hall–Kier alpha value is -17.8. The molecular formula is C108H66B4N14O6. The summed E-state index contributed by atoms with van der Waals surface area (Å²) < 4.78 is 51.3. The first-order valence-electron chi connectivity index (χ1n) is 44.2. The van der Waals surface area contributed by atoms with E-state index in [2.05, 4.69) is 376 Å². The van der Waals surface area contributed by atoms with Gasteiger partial charge >= 0.3 is 28.7 Å². The fraction of sp³-hybridized carbons (Fsp3) is 0. The van der Waals surface area contributed by atoms with Crippen LogP contribution in [0.2, 0.25) is 0 Å². The zero-order valence-electron chi connectivity index (χ0n) is 70.1. The Balaban J connectivity index is 0.0000000862. The molecule has 0 atom stereocenters. The Kier molecular flexibility index (Phi) is 15.3. The normalized spacial score (nSPS) is 13.6. The highest BCUT2D eigenvalue weighted by Gasteiger charge is 2.51. The average molecular weight is 1700 g/mol. The molecule has 8 aliphatic rings. The lowest BCUT2D eigenvalue weighted by atomic mass is 9.88. The first-order chi connectivity index (χ1) is 65.5. The third kappa shape index (κ3) is 10.5. The number of hydrogen-bond donors (Lipinski definition) is 0. The van der Waals surface area contributed by atoms with Crippen molar-refractivity contribution in [3.8, 4) is 102 Å². The number of nitrogens with zero attached hydrogens (tertiary/aromatic N) is 14. The molecule has 8 aliphatic heterocycles. The first-order valence-corrected chi connectivity index (χ1v) is 44.2. The Morgan fingerprint density at radius 1 is 0.212 bits per heavy atom. The number of aromatic nitrogens is 10. The number of anilines is 8. The van der Waals surface area contributed by atoms with Gasteiger partial charge in [0.1, 0.15) is 68.6 Å². The van der Waals surface area contributed by atoms with Crippen LogP contribution in [0.4, 0.5) is 45.5 Å². The summed E-state index contributed by atoms with van der Waals surface area (Å²) in [6.07, 6.45) is 15.3. The minimum atomic E-state index is -0.287. The van der Waals surface area contributed by atoms with Gasteiger partial charge in [-0.25, -0.2) is 19.9 Å². The largest absolute Gasteiger partial charge is 0.629 e. The van der Waals surface area contributed by atoms with Crippen LogP contribution in [0.1, 0.15) is 0 Å². The van der Waals surface area contributed by atoms with Crippen LogP contribution in [0.3, 0.4) is 0 Å². The summed E-state index contributed by atoms with van der Waals surface area (Å²) >= 11 is 0. The summed E-state index contributed by atoms with van der Waals surface area (Å²) in [4.78, 5) is 27.5. The van der Waals surface area contributed by atoms with Crippen LogP contribution < -0.4 is 37.9 Å². The zero-order chi connectivity index (χ0) is 86.1. The van der Waals surface area contributed by atoms with E-state index < -0.39 is 0 Å². The summed E-state index contributed by atoms with van der Waals surface area (Å²) in [6.45, 7) is 0. The predicted molar refractivity (Wildman–Crippen MR) is 526 cm³/mol. The van der Waals surface area contributed by atoms with Crippen LogP contribution in [-0.2, 0) is 0 Å². The Labute approximate surface area is 754 Å². The van der Waals surface area contributed by atoms with E-state index in [9.17, 15) is 0 Å². The van der Waals surface area contributed by atoms with Crippen molar-refractivity contribution in [2.45, 2.75) is 0 Å². The fourth-order valence-electron chi connectivity index (χ4n) is 21.3. The molecule has 0 amide bonds. The highest BCUT2D eigenvalue weighted by Crippen LogP contribution is 2.55. The van der Waals surface area contributed by atoms with Crippen LogP contribution in [0.5, 0.6) is 23.0 Å². The standard InChI is InChI=1S/2C27H17BN4O.2C27H16BN3O2/c1-4-10-22-19(7-1)20-8-2-5-11-23(20)31(22)18-13-14-26-25(17-18)32-24-12-6-3-9-21(24)27-29-15-16-30(27)28(32)33-26;1-4-10-22-19(7-1)20-8-2-5-11-23(20)31(22)18-13-14-25-26(17-18)33-28-30-16-15-29-27(30)21-9-3-6-12-24(21)32(25)28;1-3-10-22-21(7-1)27-29-14-15-30(27)28-31(22)23-16-17(12-13-25(23)33-28)18-8-5-9-20-19-6-2-4-11-24(19)32-26(18)20;1-3-10-24-19(6-1)20-8-5-7-18(26(20)32-24)17-12-13-22-21(16-17)27-29-14-15-30(27)28-31(22)23-9-2-4-11-25(23)33-28/h2*1-17H;2*1-16H. The van der Waals surface area contributed by atoms with Gasteiger partial charge in [-0.2, -0.15) is 0 Å². The SMILES string of the molecule is c1ccc2c(c1)-c1nccn1B1Oc3cc(-n4c5ccccc5c5ccccc54)ccc3N12.c1ccc2c(c1)-c1nccn1B1Oc3ccc(-c4cccc5c4oc4ccccc45)cc3N12.c1ccc2c(c1)-c1nccn1B1Oc3ccc(-n4c5ccccc5c5ccccc54)cc3N12.c1ccc2c(c1)OB1N2c2ccc(-c3cccc4c3oc3ccccc34)cc2-c2nccn21. The molecule has 616 valence electrons. The zero-order valence-corrected chi connectivity index (χ0v) is 70.1. The molecule has 0 spiro atoms. The van der Waals surface area contributed by atoms with Crippen molar-refractivity contribution in [3.63, 3.8) is 0 Å². The van der Waals surface area contributed by atoms with Gasteiger partial charge in [0.05, 0.1) is 44.8 Å². The van der Waals surface area contributed by atoms with E-state index in [0.29, 0.717) is 0 Å². The summed E-state index contributed by atoms with van der Waals surface area (Å²) in [5.41, 5.74) is 28.0. The molecule has 0 fully saturated rings. The number of fused-ring (bicyclic) bond motifs is 44. The molecule has 0 bridgehead atoms. The third-order valence-electron chi connectivity index (χ3n) is 27.0. The van der Waals surface area contributed by atoms with Crippen molar-refractivity contribution < 1.29 is 27.5 Å². The van der Waals surface area contributed by atoms with Gasteiger partial charge in [0.2, 0.25) is 0 Å². The van der Waals surface area contributed by atoms with Gasteiger partial charge in [-0.3, -0.25) is 0 Å². The maximum absolute atomic E-state index is 6.55. The molecule has 0 unspecified atom stereocenters. The van der Waals surface area contributed by atoms with Gasteiger partial charge in [-0.05, 0) is 151 Å². The fourth-order valence-corrected chi connectivity index (χ4v) is 21.3. The number of imidazole rings is 4. The summed E-state index contributed by atoms with van der Waals surface area (Å²) in [6, 6.07) is 123. The summed E-state index contributed by atoms with van der Waals surface area (Å²) in [7, 11) is -1.11. The number of furan rings is 2. The molecule has 16 aromatic carbocycles. The van der Waals surface area contributed by atoms with E-state index in [1.807, 2.05) is 92.0 Å². The van der Waals surface area contributed by atoms with Crippen LogP contribution in [0, 0.1) is 0 Å². The molecule has 24 heteroatoms. The van der Waals surface area contributed by atoms with Crippen LogP contribution in [0.15, 0.2) is 410 Å². The highest BCUT2D eigenvalue weighted by atomic mass is 16.5. The van der Waals surface area contributed by atoms with E-state index in [1.165, 1.54) is 43.6 Å². The molecule has 0 saturated carbocycles. The van der Waals surface area contributed by atoms with Crippen molar-refractivity contribution in [2.24, 2.45) is 0 Å². The maximum atomic E-state index is 6.55. The van der Waals surface area contributed by atoms with Crippen molar-refractivity contribution >= 4 is 162 Å². The second kappa shape index (κ2) is 27.9. The molecule has 20 nitrogen and oxygen atoms in total. The minimum absolute atomic E-state index is 0.267. The Morgan fingerprint density at radius 3 is 1.02 bits per heavy atom. The molecule has 32 rings (SSSR count). The maximum Gasteiger partial charge on any atom is 0.629 e. The first kappa shape index (κ1) is 72.4. The summed E-state index contributed by atoms with van der Waals surface area (Å²) in [5.74, 6) is 7.17. The van der Waals surface area contributed by atoms with E-state index >= 15 is 0 Å². The number of hydrogen-bond acceptors (Lipinski definition) is 14. The molecule has 16 heterocycles. The van der Waals surface area contributed by atoms with Crippen LogP contribution in [0.25, 0.3) is 167 Å². The predicted octanol–water partition coefficient (Wildman–Crippen LogP) is 25.0. The molecule has 0 saturated heterocycles. The molecule has 0 N–H and O–H groups in total. The second-order valence-corrected chi connectivity index (χ2v) is 33.9. The monoisotopic (exact) mass is 1700 g/mol. The Morgan fingerprint density at radius 2 is 0.530 bits per heavy atom. The molecule has 0 aliphatic carbocycles. The second-order valence-electron chi connectivity index (χ2n) is 33.9. The third-order valence-corrected chi connectivity index (χ3v) is 27.0. The molecule has 24 aromatic rings. The van der Waals surface area contributed by atoms with Crippen molar-refractivity contribution in [1.82, 2.24) is 47.0 Å². The van der Waals surface area contributed by atoms with Gasteiger partial charge < -0.3 is 73.7 Å². The topological polar surface area (TPSA) is 157 Å². The lowest BCUT2D eigenvalue weighted by Crippen LogP contribution is -2.46. The van der Waals surface area contributed by atoms with Crippen LogP contribution >= 0.6 is 0 Å². The van der Waals surface area contributed by atoms with Crippen molar-refractivity contribution in [2.75, 3.05) is 19.2 Å². The molecule has 132 heavy (non-hydrogen) atoms. The quantitative estimate of drug-likeness (QED) is 0.153. The van der Waals surface area contributed by atoms with E-state index in [1.54, 1.807) is 0 Å². The molecule has 8 aromatic heterocycles. The average Bonchev–Trinajstić information content (AvgIpc) is 1.56. The van der Waals surface area contributed by atoms with Gasteiger partial charge in [-0.1, -0.05) is 206 Å². The van der Waals surface area contributed by atoms with Gasteiger partial charge in [0.25, 0.3) is 0 Å². The number of benzene rings is 16. The van der Waals surface area contributed by atoms with Crippen molar-refractivity contribution in [1.29, 1.82) is 0 Å². The number of para-hydroxylation sites is 13. The highest BCUT2D eigenvalue weighted by molar-refractivity contribution is 6.64. The van der Waals surface area contributed by atoms with Crippen molar-refractivity contribution in [3.05, 3.63) is 401 Å². The lowest BCUT2D eigenvalue weighted by molar-refractivity contribution is 0.575. The molecular weight excluding hydrogens is 1630 g/mol. The van der Waals surface area contributed by atoms with E-state index in [4.69, 9.17) is 27.5 Å². The van der Waals surface area contributed by atoms with E-state index in [0.717, 1.165) is 192 Å². The van der Waals surface area contributed by atoms with Gasteiger partial charge in [0, 0.05) is 166 Å². The Bertz CT molecular complexity index is 8850. The summed E-state index contributed by atoms with van der Waals surface area (Å²) in [5, 5.41) is 9.55. The van der Waals surface area contributed by atoms with E-state index in [-0.39, 0.29) is 28.7 Å².